The van der Waals surface area contributed by atoms with Crippen molar-refractivity contribution in [2.24, 2.45) is 5.92 Å². The molecule has 0 aliphatic carbocycles. The summed E-state index contributed by atoms with van der Waals surface area (Å²) in [6.45, 7) is 6.85. The highest BCUT2D eigenvalue weighted by atomic mass is 16.5. The molecule has 0 spiro atoms. The summed E-state index contributed by atoms with van der Waals surface area (Å²) in [7, 11) is 0. The van der Waals surface area contributed by atoms with E-state index in [9.17, 15) is 0 Å². The largest absolute Gasteiger partial charge is 0.381 e. The normalized spacial score (nSPS) is 39.7. The van der Waals surface area contributed by atoms with Gasteiger partial charge in [-0.25, -0.2) is 0 Å². The highest BCUT2D eigenvalue weighted by Gasteiger charge is 2.36. The van der Waals surface area contributed by atoms with Gasteiger partial charge in [0, 0.05) is 31.3 Å². The number of nitrogens with one attached hydrogen (secondary N) is 1. The molecule has 1 N–H and O–H groups in total. The monoisotopic (exact) mass is 252 g/mol. The van der Waals surface area contributed by atoms with Gasteiger partial charge in [0.1, 0.15) is 0 Å². The van der Waals surface area contributed by atoms with Gasteiger partial charge in [-0.2, -0.15) is 0 Å². The van der Waals surface area contributed by atoms with Crippen LogP contribution >= 0.6 is 0 Å². The van der Waals surface area contributed by atoms with Gasteiger partial charge in [0.15, 0.2) is 0 Å². The molecule has 3 atom stereocenters. The maximum absolute atomic E-state index is 5.54. The quantitative estimate of drug-likeness (QED) is 0.810. The first-order valence-electron chi connectivity index (χ1n) is 7.93. The van der Waals surface area contributed by atoms with E-state index in [0.717, 1.165) is 37.3 Å². The van der Waals surface area contributed by atoms with Crippen molar-refractivity contribution >= 4 is 0 Å². The second kappa shape index (κ2) is 5.89. The number of piperidine rings is 1. The van der Waals surface area contributed by atoms with Gasteiger partial charge in [-0.15, -0.1) is 0 Å². The van der Waals surface area contributed by atoms with Gasteiger partial charge in [-0.1, -0.05) is 6.92 Å². The van der Waals surface area contributed by atoms with Gasteiger partial charge < -0.3 is 10.1 Å². The number of fused-ring (bicyclic) bond motifs is 2. The molecule has 0 aromatic heterocycles. The van der Waals surface area contributed by atoms with E-state index in [4.69, 9.17) is 4.74 Å². The molecule has 0 radical (unpaired) electrons. The smallest absolute Gasteiger partial charge is 0.0507 e. The minimum atomic E-state index is 0.795. The van der Waals surface area contributed by atoms with Crippen LogP contribution in [0.3, 0.4) is 0 Å². The molecule has 3 saturated heterocycles. The molecule has 3 nitrogen and oxygen atoms in total. The third-order valence-electron chi connectivity index (χ3n) is 4.99. The SMILES string of the molecule is CCCN(CC1CCOC1)C1CC2CCC(C1)N2. The molecular weight excluding hydrogens is 224 g/mol. The summed E-state index contributed by atoms with van der Waals surface area (Å²) in [4.78, 5) is 2.78. The average molecular weight is 252 g/mol. The van der Waals surface area contributed by atoms with Crippen molar-refractivity contribution in [3.8, 4) is 0 Å². The predicted molar refractivity (Wildman–Crippen MR) is 73.8 cm³/mol. The van der Waals surface area contributed by atoms with Crippen LogP contribution in [-0.4, -0.2) is 49.3 Å². The topological polar surface area (TPSA) is 24.5 Å². The van der Waals surface area contributed by atoms with Crippen LogP contribution in [0.15, 0.2) is 0 Å². The molecule has 104 valence electrons. The first kappa shape index (κ1) is 12.9. The van der Waals surface area contributed by atoms with Gasteiger partial charge in [-0.3, -0.25) is 4.90 Å². The van der Waals surface area contributed by atoms with Crippen LogP contribution in [0.2, 0.25) is 0 Å². The van der Waals surface area contributed by atoms with E-state index in [0.29, 0.717) is 0 Å². The highest BCUT2D eigenvalue weighted by Crippen LogP contribution is 2.30. The summed E-state index contributed by atoms with van der Waals surface area (Å²) in [5, 5.41) is 3.76. The number of rotatable bonds is 5. The molecule has 3 rings (SSSR count). The Labute approximate surface area is 111 Å². The molecule has 3 fully saturated rings. The molecule has 2 bridgehead atoms. The molecule has 3 heterocycles. The van der Waals surface area contributed by atoms with E-state index in [1.165, 1.54) is 51.6 Å². The summed E-state index contributed by atoms with van der Waals surface area (Å²) in [5.74, 6) is 0.795. The molecule has 3 heteroatoms. The molecule has 18 heavy (non-hydrogen) atoms. The maximum Gasteiger partial charge on any atom is 0.0507 e. The molecule has 3 aliphatic heterocycles. The standard InChI is InChI=1S/C15H28N2O/c1-2-6-17(10-12-5-7-18-11-12)15-8-13-3-4-14(9-15)16-13/h12-16H,2-11H2,1H3. The van der Waals surface area contributed by atoms with Gasteiger partial charge >= 0.3 is 0 Å². The van der Waals surface area contributed by atoms with E-state index in [1.54, 1.807) is 0 Å². The average Bonchev–Trinajstić information content (AvgIpc) is 2.99. The fourth-order valence-electron chi connectivity index (χ4n) is 4.09. The van der Waals surface area contributed by atoms with E-state index < -0.39 is 0 Å². The second-order valence-electron chi connectivity index (χ2n) is 6.49. The fourth-order valence-corrected chi connectivity index (χ4v) is 4.09. The fraction of sp³-hybridized carbons (Fsp3) is 1.00. The summed E-state index contributed by atoms with van der Waals surface area (Å²) in [6.07, 6.45) is 8.14. The van der Waals surface area contributed by atoms with Crippen LogP contribution in [0.25, 0.3) is 0 Å². The van der Waals surface area contributed by atoms with Gasteiger partial charge in [-0.05, 0) is 51.0 Å². The van der Waals surface area contributed by atoms with Gasteiger partial charge in [0.25, 0.3) is 0 Å². The van der Waals surface area contributed by atoms with Crippen molar-refractivity contribution in [2.45, 2.75) is 63.6 Å². The Morgan fingerprint density at radius 3 is 2.56 bits per heavy atom. The Bertz CT molecular complexity index is 253. The Hall–Kier alpha value is -0.120. The van der Waals surface area contributed by atoms with Gasteiger partial charge in [0.05, 0.1) is 6.61 Å². The van der Waals surface area contributed by atoms with Crippen LogP contribution < -0.4 is 5.32 Å². The number of ether oxygens (including phenoxy) is 1. The Morgan fingerprint density at radius 2 is 1.94 bits per heavy atom. The molecular formula is C15H28N2O. The predicted octanol–water partition coefficient (Wildman–Crippen LogP) is 2.02. The zero-order chi connectivity index (χ0) is 12.4. The van der Waals surface area contributed by atoms with E-state index >= 15 is 0 Å². The first-order valence-corrected chi connectivity index (χ1v) is 7.93. The first-order chi connectivity index (χ1) is 8.85. The van der Waals surface area contributed by atoms with Crippen molar-refractivity contribution in [1.82, 2.24) is 10.2 Å². The Balaban J connectivity index is 1.57. The van der Waals surface area contributed by atoms with Crippen LogP contribution in [0.5, 0.6) is 0 Å². The van der Waals surface area contributed by atoms with Crippen LogP contribution in [0, 0.1) is 5.92 Å². The lowest BCUT2D eigenvalue weighted by Crippen LogP contribution is -2.49. The maximum atomic E-state index is 5.54. The Morgan fingerprint density at radius 1 is 1.17 bits per heavy atom. The van der Waals surface area contributed by atoms with E-state index in [-0.39, 0.29) is 0 Å². The van der Waals surface area contributed by atoms with Crippen LogP contribution in [0.4, 0.5) is 0 Å². The minimum Gasteiger partial charge on any atom is -0.381 e. The molecule has 3 unspecified atom stereocenters. The highest BCUT2D eigenvalue weighted by molar-refractivity contribution is 4.96. The molecule has 0 amide bonds. The summed E-state index contributed by atoms with van der Waals surface area (Å²) in [5.41, 5.74) is 0. The number of nitrogens with zero attached hydrogens (tertiary/aromatic N) is 1. The summed E-state index contributed by atoms with van der Waals surface area (Å²) < 4.78 is 5.54. The number of hydrogen-bond donors (Lipinski definition) is 1. The third-order valence-corrected chi connectivity index (χ3v) is 4.99. The Kier molecular flexibility index (Phi) is 4.22. The summed E-state index contributed by atoms with van der Waals surface area (Å²) in [6, 6.07) is 2.46. The van der Waals surface area contributed by atoms with Crippen molar-refractivity contribution in [2.75, 3.05) is 26.3 Å². The zero-order valence-electron chi connectivity index (χ0n) is 11.7. The van der Waals surface area contributed by atoms with Crippen LogP contribution in [0.1, 0.15) is 45.4 Å². The van der Waals surface area contributed by atoms with Crippen molar-refractivity contribution in [3.63, 3.8) is 0 Å². The van der Waals surface area contributed by atoms with E-state index in [2.05, 4.69) is 17.1 Å². The molecule has 0 aromatic carbocycles. The summed E-state index contributed by atoms with van der Waals surface area (Å²) >= 11 is 0. The van der Waals surface area contributed by atoms with E-state index in [1.807, 2.05) is 0 Å². The second-order valence-corrected chi connectivity index (χ2v) is 6.49. The number of hydrogen-bond acceptors (Lipinski definition) is 3. The molecule has 0 saturated carbocycles. The van der Waals surface area contributed by atoms with Crippen molar-refractivity contribution < 1.29 is 4.74 Å². The van der Waals surface area contributed by atoms with Gasteiger partial charge in [0.2, 0.25) is 0 Å². The third kappa shape index (κ3) is 2.89. The lowest BCUT2D eigenvalue weighted by Gasteiger charge is -2.38. The lowest BCUT2D eigenvalue weighted by atomic mass is 9.96. The van der Waals surface area contributed by atoms with Crippen molar-refractivity contribution in [3.05, 3.63) is 0 Å². The molecule has 3 aliphatic rings. The van der Waals surface area contributed by atoms with Crippen LogP contribution in [-0.2, 0) is 4.74 Å². The molecule has 0 aromatic rings. The minimum absolute atomic E-state index is 0.795. The lowest BCUT2D eigenvalue weighted by molar-refractivity contribution is 0.112. The zero-order valence-corrected chi connectivity index (χ0v) is 11.7. The van der Waals surface area contributed by atoms with Crippen molar-refractivity contribution in [1.29, 1.82) is 0 Å².